The maximum absolute atomic E-state index is 11.9. The molecular weight excluding hydrogens is 262 g/mol. The predicted molar refractivity (Wildman–Crippen MR) is 76.7 cm³/mol. The molecule has 1 aliphatic rings. The molecule has 5 nitrogen and oxygen atoms in total. The van der Waals surface area contributed by atoms with Crippen LogP contribution in [0.15, 0.2) is 24.4 Å². The summed E-state index contributed by atoms with van der Waals surface area (Å²) in [6, 6.07) is 5.86. The van der Waals surface area contributed by atoms with Crippen molar-refractivity contribution in [1.82, 2.24) is 9.29 Å². The lowest BCUT2D eigenvalue weighted by Crippen LogP contribution is -2.49. The van der Waals surface area contributed by atoms with Crippen molar-refractivity contribution in [3.8, 4) is 0 Å². The van der Waals surface area contributed by atoms with Crippen LogP contribution in [0.4, 0.5) is 5.82 Å². The third-order valence-electron chi connectivity index (χ3n) is 3.69. The van der Waals surface area contributed by atoms with Gasteiger partial charge in [0.15, 0.2) is 0 Å². The zero-order valence-corrected chi connectivity index (χ0v) is 12.3. The molecule has 0 spiro atoms. The number of pyridine rings is 1. The van der Waals surface area contributed by atoms with Crippen molar-refractivity contribution in [2.45, 2.75) is 25.8 Å². The van der Waals surface area contributed by atoms with Crippen molar-refractivity contribution >= 4 is 15.8 Å². The quantitative estimate of drug-likeness (QED) is 0.836. The van der Waals surface area contributed by atoms with Crippen molar-refractivity contribution in [2.24, 2.45) is 0 Å². The Morgan fingerprint density at radius 3 is 2.89 bits per heavy atom. The Labute approximate surface area is 115 Å². The van der Waals surface area contributed by atoms with E-state index in [2.05, 4.69) is 9.88 Å². The molecule has 0 aliphatic carbocycles. The van der Waals surface area contributed by atoms with E-state index < -0.39 is 10.0 Å². The largest absolute Gasteiger partial charge is 0.355 e. The highest BCUT2D eigenvalue weighted by Gasteiger charge is 2.29. The first-order chi connectivity index (χ1) is 9.04. The molecule has 0 aromatic carbocycles. The fourth-order valence-corrected chi connectivity index (χ4v) is 3.46. The Bertz CT molecular complexity index is 504. The number of hydrogen-bond donors (Lipinski definition) is 0. The molecule has 0 saturated carbocycles. The molecule has 6 heteroatoms. The van der Waals surface area contributed by atoms with Gasteiger partial charge >= 0.3 is 0 Å². The second-order valence-corrected chi connectivity index (χ2v) is 7.16. The van der Waals surface area contributed by atoms with E-state index in [0.717, 1.165) is 25.2 Å². The highest BCUT2D eigenvalue weighted by Crippen LogP contribution is 2.21. The normalized spacial score (nSPS) is 20.8. The summed E-state index contributed by atoms with van der Waals surface area (Å²) in [7, 11) is -1.43. The number of piperidine rings is 1. The first-order valence-electron chi connectivity index (χ1n) is 6.66. The minimum absolute atomic E-state index is 0.0423. The van der Waals surface area contributed by atoms with Gasteiger partial charge in [-0.3, -0.25) is 0 Å². The van der Waals surface area contributed by atoms with E-state index >= 15 is 0 Å². The summed E-state index contributed by atoms with van der Waals surface area (Å²) in [6.07, 6.45) is 3.68. The molecule has 0 bridgehead atoms. The standard InChI is InChI=1S/C13H21N3O2S/c1-3-19(17,18)15(2)12-7-6-10-16(11-12)13-8-4-5-9-14-13/h4-5,8-9,12H,3,6-7,10-11H2,1-2H3/t12-/m0/s1. The van der Waals surface area contributed by atoms with Crippen LogP contribution in [-0.4, -0.2) is 49.6 Å². The van der Waals surface area contributed by atoms with Crippen LogP contribution < -0.4 is 4.90 Å². The van der Waals surface area contributed by atoms with E-state index in [-0.39, 0.29) is 11.8 Å². The van der Waals surface area contributed by atoms with Crippen LogP contribution in [0, 0.1) is 0 Å². The van der Waals surface area contributed by atoms with Gasteiger partial charge in [-0.2, -0.15) is 0 Å². The number of anilines is 1. The van der Waals surface area contributed by atoms with Crippen molar-refractivity contribution < 1.29 is 8.42 Å². The third kappa shape index (κ3) is 3.25. The number of hydrogen-bond acceptors (Lipinski definition) is 4. The maximum Gasteiger partial charge on any atom is 0.213 e. The van der Waals surface area contributed by atoms with Gasteiger partial charge < -0.3 is 4.90 Å². The van der Waals surface area contributed by atoms with E-state index in [4.69, 9.17) is 0 Å². The summed E-state index contributed by atoms with van der Waals surface area (Å²) < 4.78 is 25.4. The molecule has 1 saturated heterocycles. The Morgan fingerprint density at radius 2 is 2.26 bits per heavy atom. The average molecular weight is 283 g/mol. The monoisotopic (exact) mass is 283 g/mol. The van der Waals surface area contributed by atoms with Crippen LogP contribution in [0.3, 0.4) is 0 Å². The Kier molecular flexibility index (Phi) is 4.42. The van der Waals surface area contributed by atoms with Crippen molar-refractivity contribution in [3.63, 3.8) is 0 Å². The van der Waals surface area contributed by atoms with Gasteiger partial charge in [0, 0.05) is 32.4 Å². The predicted octanol–water partition coefficient (Wildman–Crippen LogP) is 1.33. The minimum Gasteiger partial charge on any atom is -0.355 e. The number of sulfonamides is 1. The van der Waals surface area contributed by atoms with Crippen molar-refractivity contribution in [3.05, 3.63) is 24.4 Å². The number of rotatable bonds is 4. The molecule has 1 aliphatic heterocycles. The van der Waals surface area contributed by atoms with E-state index in [9.17, 15) is 8.42 Å². The SMILES string of the molecule is CCS(=O)(=O)N(C)[C@H]1CCCN(c2ccccn2)C1. The maximum atomic E-state index is 11.9. The molecule has 0 amide bonds. The smallest absolute Gasteiger partial charge is 0.213 e. The lowest BCUT2D eigenvalue weighted by atomic mass is 10.1. The van der Waals surface area contributed by atoms with Crippen LogP contribution in [0.2, 0.25) is 0 Å². The van der Waals surface area contributed by atoms with E-state index in [1.807, 2.05) is 18.2 Å². The van der Waals surface area contributed by atoms with Gasteiger partial charge in [0.2, 0.25) is 10.0 Å². The highest BCUT2D eigenvalue weighted by atomic mass is 32.2. The molecule has 19 heavy (non-hydrogen) atoms. The number of aromatic nitrogens is 1. The zero-order valence-electron chi connectivity index (χ0n) is 11.5. The topological polar surface area (TPSA) is 53.5 Å². The first-order valence-corrected chi connectivity index (χ1v) is 8.27. The summed E-state index contributed by atoms with van der Waals surface area (Å²) in [5.41, 5.74) is 0. The molecule has 0 N–H and O–H groups in total. The molecule has 106 valence electrons. The number of nitrogens with zero attached hydrogens (tertiary/aromatic N) is 3. The van der Waals surface area contributed by atoms with Gasteiger partial charge in [-0.1, -0.05) is 6.07 Å². The Hall–Kier alpha value is -1.14. The molecule has 1 atom stereocenters. The summed E-state index contributed by atoms with van der Waals surface area (Å²) >= 11 is 0. The van der Waals surface area contributed by atoms with Crippen LogP contribution in [0.1, 0.15) is 19.8 Å². The van der Waals surface area contributed by atoms with Gasteiger partial charge in [-0.15, -0.1) is 0 Å². The summed E-state index contributed by atoms with van der Waals surface area (Å²) in [6.45, 7) is 3.34. The van der Waals surface area contributed by atoms with E-state index in [0.29, 0.717) is 6.54 Å². The molecule has 0 radical (unpaired) electrons. The van der Waals surface area contributed by atoms with Gasteiger partial charge in [0.1, 0.15) is 5.82 Å². The van der Waals surface area contributed by atoms with Gasteiger partial charge in [-0.25, -0.2) is 17.7 Å². The molecule has 2 rings (SSSR count). The fourth-order valence-electron chi connectivity index (χ4n) is 2.43. The van der Waals surface area contributed by atoms with Crippen LogP contribution in [-0.2, 0) is 10.0 Å². The lowest BCUT2D eigenvalue weighted by Gasteiger charge is -2.37. The third-order valence-corrected chi connectivity index (χ3v) is 5.59. The molecular formula is C13H21N3O2S. The van der Waals surface area contributed by atoms with Crippen molar-refractivity contribution in [2.75, 3.05) is 30.8 Å². The van der Waals surface area contributed by atoms with Crippen molar-refractivity contribution in [1.29, 1.82) is 0 Å². The number of likely N-dealkylation sites (N-methyl/N-ethyl adjacent to an activating group) is 1. The van der Waals surface area contributed by atoms with Crippen LogP contribution in [0.25, 0.3) is 0 Å². The summed E-state index contributed by atoms with van der Waals surface area (Å²) in [5.74, 6) is 1.08. The second-order valence-electron chi connectivity index (χ2n) is 4.85. The van der Waals surface area contributed by atoms with Gasteiger partial charge in [-0.05, 0) is 31.9 Å². The zero-order chi connectivity index (χ0) is 13.9. The highest BCUT2D eigenvalue weighted by molar-refractivity contribution is 7.89. The Morgan fingerprint density at radius 1 is 1.47 bits per heavy atom. The molecule has 0 unspecified atom stereocenters. The van der Waals surface area contributed by atoms with Gasteiger partial charge in [0.25, 0.3) is 0 Å². The minimum atomic E-state index is -3.12. The summed E-state index contributed by atoms with van der Waals surface area (Å²) in [4.78, 5) is 6.50. The second kappa shape index (κ2) is 5.88. The Balaban J connectivity index is 2.10. The lowest BCUT2D eigenvalue weighted by molar-refractivity contribution is 0.320. The van der Waals surface area contributed by atoms with Crippen LogP contribution >= 0.6 is 0 Å². The average Bonchev–Trinajstić information content (AvgIpc) is 2.47. The van der Waals surface area contributed by atoms with Crippen LogP contribution in [0.5, 0.6) is 0 Å². The molecule has 2 heterocycles. The van der Waals surface area contributed by atoms with Gasteiger partial charge in [0.05, 0.1) is 5.75 Å². The fraction of sp³-hybridized carbons (Fsp3) is 0.615. The molecule has 1 aromatic heterocycles. The molecule has 1 aromatic rings. The van der Waals surface area contributed by atoms with E-state index in [1.54, 1.807) is 20.2 Å². The first kappa shape index (κ1) is 14.3. The molecule has 1 fully saturated rings. The van der Waals surface area contributed by atoms with E-state index in [1.165, 1.54) is 4.31 Å². The summed E-state index contributed by atoms with van der Waals surface area (Å²) in [5, 5.41) is 0.